The summed E-state index contributed by atoms with van der Waals surface area (Å²) in [7, 11) is -1.08. The van der Waals surface area contributed by atoms with Crippen molar-refractivity contribution in [2.45, 2.75) is 29.6 Å². The van der Waals surface area contributed by atoms with Crippen molar-refractivity contribution in [2.24, 2.45) is 5.92 Å². The molecule has 3 unspecified atom stereocenters. The van der Waals surface area contributed by atoms with E-state index >= 15 is 0 Å². The van der Waals surface area contributed by atoms with Gasteiger partial charge in [0.1, 0.15) is 0 Å². The van der Waals surface area contributed by atoms with E-state index in [1.54, 1.807) is 41.5 Å². The van der Waals surface area contributed by atoms with Crippen LogP contribution in [0.2, 0.25) is 10.0 Å². The zero-order valence-corrected chi connectivity index (χ0v) is 22.6. The van der Waals surface area contributed by atoms with Crippen LogP contribution < -0.4 is 10.6 Å². The molecule has 1 saturated heterocycles. The van der Waals surface area contributed by atoms with E-state index in [1.807, 2.05) is 36.4 Å². The van der Waals surface area contributed by atoms with Crippen molar-refractivity contribution in [3.63, 3.8) is 0 Å². The van der Waals surface area contributed by atoms with Crippen LogP contribution in [0.5, 0.6) is 0 Å². The van der Waals surface area contributed by atoms with Gasteiger partial charge in [-0.2, -0.15) is 0 Å². The first-order chi connectivity index (χ1) is 17.8. The number of carbonyl (C=O) groups excluding carboxylic acids is 2. The lowest BCUT2D eigenvalue weighted by molar-refractivity contribution is -0.123. The van der Waals surface area contributed by atoms with Crippen LogP contribution in [0.1, 0.15) is 24.0 Å². The van der Waals surface area contributed by atoms with Crippen molar-refractivity contribution in [1.29, 1.82) is 0 Å². The topological polar surface area (TPSA) is 78.5 Å². The first-order valence-electron chi connectivity index (χ1n) is 12.1. The number of hydrogen-bond donors (Lipinski definition) is 2. The van der Waals surface area contributed by atoms with Gasteiger partial charge < -0.3 is 15.5 Å². The standard InChI is InChI=1S/C28H27Cl2N3O3S/c1-37(36)23-10-8-22(9-11-23)31-27(35)33-13-3-5-19(17-33)28(16-18-4-2-6-20(29)14-18)24-12-7-21(30)15-25(24)32-26(28)34/h2,4,6-12,14-15,19H,3,5,13,16-17H2,1H3,(H,31,35)(H,32,34). The maximum atomic E-state index is 13.8. The van der Waals surface area contributed by atoms with Gasteiger partial charge in [-0.1, -0.05) is 41.4 Å². The summed E-state index contributed by atoms with van der Waals surface area (Å²) in [4.78, 5) is 29.5. The third kappa shape index (κ3) is 5.13. The molecule has 5 rings (SSSR count). The van der Waals surface area contributed by atoms with Crippen molar-refractivity contribution < 1.29 is 13.8 Å². The highest BCUT2D eigenvalue weighted by molar-refractivity contribution is 7.84. The zero-order chi connectivity index (χ0) is 26.2. The molecule has 3 atom stereocenters. The lowest BCUT2D eigenvalue weighted by Gasteiger charge is -2.42. The molecule has 3 aromatic rings. The van der Waals surface area contributed by atoms with Gasteiger partial charge in [0.25, 0.3) is 0 Å². The first kappa shape index (κ1) is 25.8. The summed E-state index contributed by atoms with van der Waals surface area (Å²) in [5.74, 6) is -0.196. The average molecular weight is 557 g/mol. The number of anilines is 2. The van der Waals surface area contributed by atoms with E-state index < -0.39 is 16.2 Å². The predicted molar refractivity (Wildman–Crippen MR) is 149 cm³/mol. The van der Waals surface area contributed by atoms with E-state index in [0.717, 1.165) is 29.7 Å². The van der Waals surface area contributed by atoms with E-state index in [0.29, 0.717) is 40.1 Å². The number of urea groups is 1. The Hall–Kier alpha value is -2.87. The van der Waals surface area contributed by atoms with Gasteiger partial charge in [0.2, 0.25) is 5.91 Å². The number of fused-ring (bicyclic) bond motifs is 1. The molecular weight excluding hydrogens is 529 g/mol. The van der Waals surface area contributed by atoms with Crippen LogP contribution >= 0.6 is 23.2 Å². The Morgan fingerprint density at radius 1 is 1.11 bits per heavy atom. The fourth-order valence-electron chi connectivity index (χ4n) is 5.56. The SMILES string of the molecule is CS(=O)c1ccc(NC(=O)N2CCCC(C3(Cc4cccc(Cl)c4)C(=O)Nc4cc(Cl)ccc43)C2)cc1. The number of benzene rings is 3. The van der Waals surface area contributed by atoms with Crippen LogP contribution in [0, 0.1) is 5.92 Å². The van der Waals surface area contributed by atoms with E-state index in [2.05, 4.69) is 10.6 Å². The van der Waals surface area contributed by atoms with Crippen molar-refractivity contribution in [3.05, 3.63) is 87.9 Å². The lowest BCUT2D eigenvalue weighted by atomic mass is 9.65. The molecule has 0 aromatic heterocycles. The minimum absolute atomic E-state index is 0.0832. The molecule has 192 valence electrons. The number of halogens is 2. The van der Waals surface area contributed by atoms with Crippen LogP contribution in [0.25, 0.3) is 0 Å². The smallest absolute Gasteiger partial charge is 0.321 e. The van der Waals surface area contributed by atoms with Crippen LogP contribution in [-0.4, -0.2) is 40.4 Å². The van der Waals surface area contributed by atoms with Gasteiger partial charge in [-0.3, -0.25) is 9.00 Å². The van der Waals surface area contributed by atoms with Gasteiger partial charge in [0.05, 0.1) is 5.41 Å². The van der Waals surface area contributed by atoms with Crippen LogP contribution in [-0.2, 0) is 27.4 Å². The summed E-state index contributed by atoms with van der Waals surface area (Å²) < 4.78 is 11.7. The molecule has 1 fully saturated rings. The molecular formula is C28H27Cl2N3O3S. The summed E-state index contributed by atoms with van der Waals surface area (Å²) >= 11 is 12.5. The number of rotatable bonds is 5. The molecule has 37 heavy (non-hydrogen) atoms. The zero-order valence-electron chi connectivity index (χ0n) is 20.3. The fourth-order valence-corrected chi connectivity index (χ4v) is 6.46. The fraction of sp³-hybridized carbons (Fsp3) is 0.286. The minimum atomic E-state index is -1.08. The molecule has 3 amide bonds. The molecule has 2 aliphatic heterocycles. The Morgan fingerprint density at radius 3 is 2.59 bits per heavy atom. The molecule has 0 radical (unpaired) electrons. The van der Waals surface area contributed by atoms with E-state index in [4.69, 9.17) is 23.2 Å². The van der Waals surface area contributed by atoms with Crippen molar-refractivity contribution in [1.82, 2.24) is 4.90 Å². The number of likely N-dealkylation sites (tertiary alicyclic amines) is 1. The number of nitrogens with one attached hydrogen (secondary N) is 2. The second-order valence-electron chi connectivity index (χ2n) is 9.62. The van der Waals surface area contributed by atoms with Gasteiger partial charge >= 0.3 is 6.03 Å². The van der Waals surface area contributed by atoms with Crippen LogP contribution in [0.3, 0.4) is 0 Å². The molecule has 3 aromatic carbocycles. The molecule has 0 saturated carbocycles. The second kappa shape index (κ2) is 10.5. The maximum absolute atomic E-state index is 13.8. The number of nitrogens with zero attached hydrogens (tertiary/aromatic N) is 1. The summed E-state index contributed by atoms with van der Waals surface area (Å²) in [6, 6.07) is 19.9. The summed E-state index contributed by atoms with van der Waals surface area (Å²) in [5, 5.41) is 7.18. The first-order valence-corrected chi connectivity index (χ1v) is 14.4. The lowest BCUT2D eigenvalue weighted by Crippen LogP contribution is -2.52. The molecule has 2 heterocycles. The van der Waals surface area contributed by atoms with Crippen molar-refractivity contribution in [2.75, 3.05) is 30.0 Å². The van der Waals surface area contributed by atoms with Crippen molar-refractivity contribution >= 4 is 57.3 Å². The molecule has 6 nitrogen and oxygen atoms in total. The minimum Gasteiger partial charge on any atom is -0.325 e. The van der Waals surface area contributed by atoms with Crippen LogP contribution in [0.15, 0.2) is 71.6 Å². The van der Waals surface area contributed by atoms with Gasteiger partial charge in [-0.05, 0) is 84.8 Å². The monoisotopic (exact) mass is 555 g/mol. The highest BCUT2D eigenvalue weighted by atomic mass is 35.5. The Bertz CT molecular complexity index is 1380. The molecule has 2 N–H and O–H groups in total. The highest BCUT2D eigenvalue weighted by Gasteiger charge is 2.53. The molecule has 9 heteroatoms. The molecule has 0 aliphatic carbocycles. The van der Waals surface area contributed by atoms with Crippen molar-refractivity contribution in [3.8, 4) is 0 Å². The largest absolute Gasteiger partial charge is 0.325 e. The average Bonchev–Trinajstić information content (AvgIpc) is 3.15. The third-order valence-electron chi connectivity index (χ3n) is 7.33. The second-order valence-corrected chi connectivity index (χ2v) is 11.9. The van der Waals surface area contributed by atoms with Crippen LogP contribution in [0.4, 0.5) is 16.2 Å². The summed E-state index contributed by atoms with van der Waals surface area (Å²) in [6.45, 7) is 1.03. The predicted octanol–water partition coefficient (Wildman–Crippen LogP) is 6.11. The van der Waals surface area contributed by atoms with Gasteiger partial charge in [0, 0.05) is 56.5 Å². The molecule has 2 aliphatic rings. The van der Waals surface area contributed by atoms with Gasteiger partial charge in [-0.15, -0.1) is 0 Å². The van der Waals surface area contributed by atoms with E-state index in [-0.39, 0.29) is 17.9 Å². The number of amides is 3. The quantitative estimate of drug-likeness (QED) is 0.398. The molecule has 0 spiro atoms. The summed E-state index contributed by atoms with van der Waals surface area (Å²) in [6.07, 6.45) is 3.66. The number of piperidine rings is 1. The normalized spacial score (nSPS) is 21.8. The third-order valence-corrected chi connectivity index (χ3v) is 8.74. The van der Waals surface area contributed by atoms with E-state index in [9.17, 15) is 13.8 Å². The number of hydrogen-bond acceptors (Lipinski definition) is 3. The maximum Gasteiger partial charge on any atom is 0.321 e. The summed E-state index contributed by atoms with van der Waals surface area (Å²) in [5.41, 5.74) is 2.34. The Morgan fingerprint density at radius 2 is 1.86 bits per heavy atom. The Kier molecular flexibility index (Phi) is 7.30. The Labute approximate surface area is 228 Å². The Balaban J connectivity index is 1.44. The molecule has 0 bridgehead atoms. The van der Waals surface area contributed by atoms with E-state index in [1.165, 1.54) is 0 Å². The van der Waals surface area contributed by atoms with Gasteiger partial charge in [-0.25, -0.2) is 4.79 Å². The number of carbonyl (C=O) groups is 2. The highest BCUT2D eigenvalue weighted by Crippen LogP contribution is 2.49. The van der Waals surface area contributed by atoms with Gasteiger partial charge in [0.15, 0.2) is 0 Å².